The summed E-state index contributed by atoms with van der Waals surface area (Å²) in [6, 6.07) is 6.54. The van der Waals surface area contributed by atoms with E-state index < -0.39 is 12.2 Å². The number of fused-ring (bicyclic) bond motifs is 3. The summed E-state index contributed by atoms with van der Waals surface area (Å²) in [7, 11) is 0. The molecule has 1 heterocycles. The molecule has 4 nitrogen and oxygen atoms in total. The molecule has 1 fully saturated rings. The molecule has 4 heteroatoms. The first-order valence-electron chi connectivity index (χ1n) is 14.4. The quantitative estimate of drug-likeness (QED) is 0.175. The van der Waals surface area contributed by atoms with Crippen LogP contribution in [0.4, 0.5) is 0 Å². The Bertz CT molecular complexity index is 877. The van der Waals surface area contributed by atoms with Crippen LogP contribution in [0.5, 0.6) is 5.75 Å². The Labute approximate surface area is 220 Å². The van der Waals surface area contributed by atoms with E-state index in [-0.39, 0.29) is 23.9 Å². The van der Waals surface area contributed by atoms with Gasteiger partial charge in [0.1, 0.15) is 11.9 Å². The highest BCUT2D eigenvalue weighted by Crippen LogP contribution is 2.52. The van der Waals surface area contributed by atoms with E-state index in [4.69, 9.17) is 4.74 Å². The highest BCUT2D eigenvalue weighted by atomic mass is 16.5. The average Bonchev–Trinajstić information content (AvgIpc) is 3.39. The summed E-state index contributed by atoms with van der Waals surface area (Å²) in [6.45, 7) is 12.0. The predicted molar refractivity (Wildman–Crippen MR) is 149 cm³/mol. The topological polar surface area (TPSA) is 52.9 Å². The third-order valence-electron chi connectivity index (χ3n) is 8.03. The molecule has 3 rings (SSSR count). The molecule has 1 aliphatic carbocycles. The van der Waals surface area contributed by atoms with Gasteiger partial charge in [0, 0.05) is 30.2 Å². The van der Waals surface area contributed by atoms with Crippen molar-refractivity contribution in [2.24, 2.45) is 11.8 Å². The first-order valence-corrected chi connectivity index (χ1v) is 14.4. The highest BCUT2D eigenvalue weighted by molar-refractivity contribution is 5.49. The molecule has 0 saturated heterocycles. The van der Waals surface area contributed by atoms with Crippen molar-refractivity contribution < 1.29 is 14.9 Å². The molecule has 0 bridgehead atoms. The Morgan fingerprint density at radius 2 is 1.83 bits per heavy atom. The second-order valence-electron chi connectivity index (χ2n) is 10.9. The third-order valence-corrected chi connectivity index (χ3v) is 8.03. The van der Waals surface area contributed by atoms with Gasteiger partial charge >= 0.3 is 0 Å². The van der Waals surface area contributed by atoms with Gasteiger partial charge in [-0.25, -0.2) is 0 Å². The van der Waals surface area contributed by atoms with Gasteiger partial charge < -0.3 is 19.8 Å². The van der Waals surface area contributed by atoms with Crippen molar-refractivity contribution in [3.8, 4) is 17.6 Å². The molecule has 0 unspecified atom stereocenters. The second-order valence-corrected chi connectivity index (χ2v) is 10.9. The maximum Gasteiger partial charge on any atom is 0.126 e. The molecule has 0 aromatic heterocycles. The number of aliphatic hydroxyl groups is 2. The minimum absolute atomic E-state index is 0.0184. The molecule has 200 valence electrons. The molecule has 1 saturated carbocycles. The lowest BCUT2D eigenvalue weighted by Crippen LogP contribution is -2.27. The van der Waals surface area contributed by atoms with Crippen LogP contribution >= 0.6 is 0 Å². The molecule has 6 atom stereocenters. The smallest absolute Gasteiger partial charge is 0.126 e. The van der Waals surface area contributed by atoms with Crippen molar-refractivity contribution in [1.82, 2.24) is 4.90 Å². The molecule has 2 N–H and O–H groups in total. The zero-order chi connectivity index (χ0) is 25.9. The lowest BCUT2D eigenvalue weighted by molar-refractivity contribution is 0.134. The summed E-state index contributed by atoms with van der Waals surface area (Å²) < 4.78 is 6.47. The molecular weight excluding hydrogens is 446 g/mol. The first kappa shape index (κ1) is 28.8. The number of aryl methyl sites for hydroxylation is 1. The summed E-state index contributed by atoms with van der Waals surface area (Å²) >= 11 is 0. The monoisotopic (exact) mass is 495 g/mol. The van der Waals surface area contributed by atoms with E-state index in [1.165, 1.54) is 69.3 Å². The maximum absolute atomic E-state index is 10.8. The van der Waals surface area contributed by atoms with Crippen LogP contribution in [0.1, 0.15) is 96.1 Å². The molecule has 36 heavy (non-hydrogen) atoms. The van der Waals surface area contributed by atoms with E-state index in [2.05, 4.69) is 48.8 Å². The Morgan fingerprint density at radius 3 is 2.53 bits per heavy atom. The number of aliphatic hydroxyl groups excluding tert-OH is 2. The number of para-hydroxylation sites is 1. The van der Waals surface area contributed by atoms with Gasteiger partial charge in [-0.3, -0.25) is 0 Å². The van der Waals surface area contributed by atoms with Crippen molar-refractivity contribution in [1.29, 1.82) is 0 Å². The molecule has 1 aliphatic heterocycles. The van der Waals surface area contributed by atoms with E-state index >= 15 is 0 Å². The van der Waals surface area contributed by atoms with Gasteiger partial charge in [0.15, 0.2) is 0 Å². The van der Waals surface area contributed by atoms with Crippen molar-refractivity contribution in [2.45, 2.75) is 110 Å². The lowest BCUT2D eigenvalue weighted by atomic mass is 9.86. The summed E-state index contributed by atoms with van der Waals surface area (Å²) in [4.78, 5) is 2.64. The molecule has 1 aromatic carbocycles. The van der Waals surface area contributed by atoms with Gasteiger partial charge in [-0.05, 0) is 70.1 Å². The fourth-order valence-corrected chi connectivity index (χ4v) is 5.73. The van der Waals surface area contributed by atoms with Gasteiger partial charge in [0.05, 0.1) is 12.2 Å². The summed E-state index contributed by atoms with van der Waals surface area (Å²) in [5, 5.41) is 21.3. The number of nitrogens with zero attached hydrogens (tertiary/aromatic N) is 1. The number of hydrogen-bond acceptors (Lipinski definition) is 4. The summed E-state index contributed by atoms with van der Waals surface area (Å²) in [6.07, 6.45) is 12.7. The van der Waals surface area contributed by atoms with Gasteiger partial charge in [-0.2, -0.15) is 0 Å². The van der Waals surface area contributed by atoms with E-state index in [0.29, 0.717) is 12.8 Å². The van der Waals surface area contributed by atoms with Crippen LogP contribution in [0.15, 0.2) is 30.4 Å². The van der Waals surface area contributed by atoms with Crippen LogP contribution < -0.4 is 4.74 Å². The van der Waals surface area contributed by atoms with Crippen molar-refractivity contribution in [2.75, 3.05) is 19.6 Å². The Morgan fingerprint density at radius 1 is 1.11 bits per heavy atom. The highest BCUT2D eigenvalue weighted by Gasteiger charge is 2.48. The average molecular weight is 496 g/mol. The van der Waals surface area contributed by atoms with Crippen molar-refractivity contribution in [3.63, 3.8) is 0 Å². The minimum atomic E-state index is -0.556. The number of benzene rings is 1. The summed E-state index contributed by atoms with van der Waals surface area (Å²) in [5.41, 5.74) is 2.54. The van der Waals surface area contributed by atoms with Gasteiger partial charge in [-0.15, -0.1) is 11.8 Å². The minimum Gasteiger partial charge on any atom is -0.489 e. The number of unbranched alkanes of at least 4 members (excludes halogenated alkanes) is 3. The zero-order valence-electron chi connectivity index (χ0n) is 23.1. The van der Waals surface area contributed by atoms with Crippen molar-refractivity contribution >= 4 is 0 Å². The molecule has 2 aliphatic rings. The summed E-state index contributed by atoms with van der Waals surface area (Å²) in [5.74, 6) is 7.20. The van der Waals surface area contributed by atoms with Crippen LogP contribution in [0.3, 0.4) is 0 Å². The van der Waals surface area contributed by atoms with E-state index in [1.807, 2.05) is 26.0 Å². The molecule has 0 spiro atoms. The SMILES string of the molecule is CC#CC[C@H](C)[C@H](O)C=C[C@@H]1[C@H]2c3cccc(CCCCN(CCCC)CCCC)c3O[C@H]2C[C@H]1O. The first-order chi connectivity index (χ1) is 17.5. The normalized spacial score (nSPS) is 24.3. The number of ether oxygens (including phenoxy) is 1. The third kappa shape index (κ3) is 7.60. The van der Waals surface area contributed by atoms with Crippen LogP contribution in [0.2, 0.25) is 0 Å². The molecule has 0 radical (unpaired) electrons. The van der Waals surface area contributed by atoms with Gasteiger partial charge in [0.25, 0.3) is 0 Å². The second kappa shape index (κ2) is 14.8. The van der Waals surface area contributed by atoms with Gasteiger partial charge in [-0.1, -0.05) is 64.0 Å². The fraction of sp³-hybridized carbons (Fsp3) is 0.688. The van der Waals surface area contributed by atoms with E-state index in [1.54, 1.807) is 0 Å². The van der Waals surface area contributed by atoms with E-state index in [9.17, 15) is 10.2 Å². The lowest BCUT2D eigenvalue weighted by Gasteiger charge is -2.22. The van der Waals surface area contributed by atoms with E-state index in [0.717, 1.165) is 12.2 Å². The van der Waals surface area contributed by atoms with Crippen molar-refractivity contribution in [3.05, 3.63) is 41.5 Å². The number of hydrogen-bond donors (Lipinski definition) is 2. The molecule has 1 aromatic rings. The largest absolute Gasteiger partial charge is 0.489 e. The Hall–Kier alpha value is -1.80. The van der Waals surface area contributed by atoms with Crippen LogP contribution in [0, 0.1) is 23.7 Å². The zero-order valence-corrected chi connectivity index (χ0v) is 23.1. The molecule has 0 amide bonds. The van der Waals surface area contributed by atoms with Gasteiger partial charge in [0.2, 0.25) is 0 Å². The standard InChI is InChI=1S/C32H49NO3/c1-5-8-14-24(4)28(34)19-18-26-29(35)23-30-31(26)27-17-13-16-25(32(27)36-30)15-11-12-22-33(20-9-6-2)21-10-7-3/h13,16-19,24,26,28-31,34-35H,6-7,9-12,14-15,20-23H2,1-4H3/t24-,26-,28+,29+,30-,31-/m0/s1. The number of rotatable bonds is 15. The Balaban J connectivity index is 1.60. The Kier molecular flexibility index (Phi) is 11.8. The maximum atomic E-state index is 10.8. The van der Waals surface area contributed by atoms with Crippen LogP contribution in [-0.2, 0) is 6.42 Å². The van der Waals surface area contributed by atoms with Crippen LogP contribution in [0.25, 0.3) is 0 Å². The van der Waals surface area contributed by atoms with Crippen LogP contribution in [-0.4, -0.2) is 53.1 Å². The fourth-order valence-electron chi connectivity index (χ4n) is 5.73. The predicted octanol–water partition coefficient (Wildman–Crippen LogP) is 6.10. The molecular formula is C32H49NO3.